The molecule has 2 aliphatic heterocycles. The second-order valence-corrected chi connectivity index (χ2v) is 5.28. The van der Waals surface area contributed by atoms with Crippen molar-refractivity contribution in [1.29, 1.82) is 0 Å². The smallest absolute Gasteiger partial charge is 0.323 e. The van der Waals surface area contributed by atoms with Crippen molar-refractivity contribution in [1.82, 2.24) is 15.5 Å². The second-order valence-electron chi connectivity index (χ2n) is 5.28. The van der Waals surface area contributed by atoms with Crippen LogP contribution in [0.25, 0.3) is 0 Å². The quantitative estimate of drug-likeness (QED) is 0.793. The molecule has 1 aromatic carbocycles. The van der Waals surface area contributed by atoms with Crippen molar-refractivity contribution < 1.29 is 14.0 Å². The van der Waals surface area contributed by atoms with Gasteiger partial charge in [0.25, 0.3) is 5.91 Å². The summed E-state index contributed by atoms with van der Waals surface area (Å²) in [6, 6.07) is 5.47. The van der Waals surface area contributed by atoms with Gasteiger partial charge in [-0.1, -0.05) is 12.1 Å². The third-order valence-electron chi connectivity index (χ3n) is 3.96. The van der Waals surface area contributed by atoms with Gasteiger partial charge in [-0.25, -0.2) is 9.18 Å². The van der Waals surface area contributed by atoms with Crippen LogP contribution in [0.4, 0.5) is 9.18 Å². The third kappa shape index (κ3) is 2.16. The standard InChI is InChI=1S/C14H16FN3O2/c15-11-3-1-10(2-4-11)9-18-12(19)14(17-13(18)20)5-7-16-8-6-14/h1-4,16H,5-9H2,(H,17,20). The summed E-state index contributed by atoms with van der Waals surface area (Å²) < 4.78 is 12.9. The fourth-order valence-corrected chi connectivity index (χ4v) is 2.78. The topological polar surface area (TPSA) is 61.4 Å². The molecule has 0 aromatic heterocycles. The molecule has 5 nitrogen and oxygen atoms in total. The molecule has 2 aliphatic rings. The number of nitrogens with one attached hydrogen (secondary N) is 2. The normalized spacial score (nSPS) is 21.4. The lowest BCUT2D eigenvalue weighted by atomic mass is 9.88. The van der Waals surface area contributed by atoms with Crippen molar-refractivity contribution in [3.05, 3.63) is 35.6 Å². The number of hydrogen-bond donors (Lipinski definition) is 2. The average molecular weight is 277 g/mol. The fraction of sp³-hybridized carbons (Fsp3) is 0.429. The molecule has 2 saturated heterocycles. The molecule has 106 valence electrons. The van der Waals surface area contributed by atoms with E-state index in [9.17, 15) is 14.0 Å². The van der Waals surface area contributed by atoms with Crippen LogP contribution in [-0.4, -0.2) is 35.5 Å². The molecule has 3 rings (SSSR count). The first-order chi connectivity index (χ1) is 9.61. The highest BCUT2D eigenvalue weighted by molar-refractivity contribution is 6.07. The molecule has 0 atom stereocenters. The van der Waals surface area contributed by atoms with E-state index in [0.29, 0.717) is 12.8 Å². The summed E-state index contributed by atoms with van der Waals surface area (Å²) >= 11 is 0. The average Bonchev–Trinajstić information content (AvgIpc) is 2.67. The van der Waals surface area contributed by atoms with E-state index < -0.39 is 5.54 Å². The molecule has 0 radical (unpaired) electrons. The number of hydrogen-bond acceptors (Lipinski definition) is 3. The largest absolute Gasteiger partial charge is 0.325 e. The minimum Gasteiger partial charge on any atom is -0.323 e. The van der Waals surface area contributed by atoms with Gasteiger partial charge in [0.2, 0.25) is 0 Å². The van der Waals surface area contributed by atoms with E-state index >= 15 is 0 Å². The molecule has 0 aliphatic carbocycles. The van der Waals surface area contributed by atoms with Gasteiger partial charge in [0, 0.05) is 0 Å². The molecule has 2 N–H and O–H groups in total. The maximum absolute atomic E-state index is 12.9. The molecule has 6 heteroatoms. The lowest BCUT2D eigenvalue weighted by Crippen LogP contribution is -2.53. The lowest BCUT2D eigenvalue weighted by molar-refractivity contribution is -0.132. The van der Waals surface area contributed by atoms with E-state index in [1.54, 1.807) is 12.1 Å². The molecule has 1 aromatic rings. The van der Waals surface area contributed by atoms with Crippen molar-refractivity contribution in [2.75, 3.05) is 13.1 Å². The second kappa shape index (κ2) is 4.86. The van der Waals surface area contributed by atoms with Gasteiger partial charge in [0.15, 0.2) is 0 Å². The number of halogens is 1. The Bertz CT molecular complexity index is 538. The van der Waals surface area contributed by atoms with Crippen LogP contribution in [0.1, 0.15) is 18.4 Å². The highest BCUT2D eigenvalue weighted by Gasteiger charge is 2.51. The first-order valence-corrected chi connectivity index (χ1v) is 6.70. The summed E-state index contributed by atoms with van der Waals surface area (Å²) in [7, 11) is 0. The molecule has 1 spiro atoms. The van der Waals surface area contributed by atoms with Crippen molar-refractivity contribution in [3.8, 4) is 0 Å². The number of urea groups is 1. The Morgan fingerprint density at radius 1 is 1.15 bits per heavy atom. The van der Waals surface area contributed by atoms with E-state index in [1.807, 2.05) is 0 Å². The number of benzene rings is 1. The Morgan fingerprint density at radius 2 is 1.80 bits per heavy atom. The summed E-state index contributed by atoms with van der Waals surface area (Å²) in [5.74, 6) is -0.505. The maximum Gasteiger partial charge on any atom is 0.325 e. The maximum atomic E-state index is 12.9. The molecule has 0 bridgehead atoms. The van der Waals surface area contributed by atoms with Crippen molar-refractivity contribution >= 4 is 11.9 Å². The summed E-state index contributed by atoms with van der Waals surface area (Å²) in [5, 5.41) is 6.00. The predicted molar refractivity (Wildman–Crippen MR) is 70.3 cm³/mol. The molecule has 20 heavy (non-hydrogen) atoms. The number of amides is 3. The number of imide groups is 1. The number of piperidine rings is 1. The van der Waals surface area contributed by atoms with Gasteiger partial charge < -0.3 is 10.6 Å². The predicted octanol–water partition coefficient (Wildman–Crippen LogP) is 1.000. The van der Waals surface area contributed by atoms with E-state index in [4.69, 9.17) is 0 Å². The van der Waals surface area contributed by atoms with E-state index in [0.717, 1.165) is 18.7 Å². The van der Waals surface area contributed by atoms with Gasteiger partial charge in [-0.2, -0.15) is 0 Å². The summed E-state index contributed by atoms with van der Waals surface area (Å²) in [6.45, 7) is 1.62. The molecule has 2 fully saturated rings. The van der Waals surface area contributed by atoms with Crippen LogP contribution >= 0.6 is 0 Å². The molecular formula is C14H16FN3O2. The summed E-state index contributed by atoms with van der Waals surface area (Å²) in [4.78, 5) is 25.8. The van der Waals surface area contributed by atoms with Gasteiger partial charge in [-0.15, -0.1) is 0 Å². The van der Waals surface area contributed by atoms with Crippen LogP contribution in [0.15, 0.2) is 24.3 Å². The highest BCUT2D eigenvalue weighted by Crippen LogP contribution is 2.27. The first kappa shape index (κ1) is 13.1. The van der Waals surface area contributed by atoms with Crippen LogP contribution in [-0.2, 0) is 11.3 Å². The first-order valence-electron chi connectivity index (χ1n) is 6.70. The molecule has 0 unspecified atom stereocenters. The van der Waals surface area contributed by atoms with E-state index in [2.05, 4.69) is 10.6 Å². The Balaban J connectivity index is 1.78. The zero-order valence-electron chi connectivity index (χ0n) is 11.0. The van der Waals surface area contributed by atoms with Crippen molar-refractivity contribution in [2.45, 2.75) is 24.9 Å². The summed E-state index contributed by atoms with van der Waals surface area (Å²) in [5.41, 5.74) is -0.0107. The van der Waals surface area contributed by atoms with Gasteiger partial charge >= 0.3 is 6.03 Å². The van der Waals surface area contributed by atoms with E-state index in [1.165, 1.54) is 17.0 Å². The van der Waals surface area contributed by atoms with Crippen LogP contribution in [0.5, 0.6) is 0 Å². The number of nitrogens with zero attached hydrogens (tertiary/aromatic N) is 1. The molecule has 0 saturated carbocycles. The number of carbonyl (C=O) groups is 2. The number of carbonyl (C=O) groups excluding carboxylic acids is 2. The molecule has 2 heterocycles. The minimum absolute atomic E-state index is 0.173. The van der Waals surface area contributed by atoms with Gasteiger partial charge in [0.1, 0.15) is 11.4 Å². The fourth-order valence-electron chi connectivity index (χ4n) is 2.78. The Labute approximate surface area is 116 Å². The zero-order valence-corrected chi connectivity index (χ0v) is 11.0. The molecular weight excluding hydrogens is 261 g/mol. The van der Waals surface area contributed by atoms with Crippen molar-refractivity contribution in [3.63, 3.8) is 0 Å². The third-order valence-corrected chi connectivity index (χ3v) is 3.96. The summed E-state index contributed by atoms with van der Waals surface area (Å²) in [6.07, 6.45) is 1.22. The van der Waals surface area contributed by atoms with Crippen LogP contribution < -0.4 is 10.6 Å². The van der Waals surface area contributed by atoms with Crippen LogP contribution in [0.2, 0.25) is 0 Å². The van der Waals surface area contributed by atoms with Gasteiger partial charge in [-0.3, -0.25) is 9.69 Å². The Morgan fingerprint density at radius 3 is 2.45 bits per heavy atom. The zero-order chi connectivity index (χ0) is 14.2. The minimum atomic E-state index is -0.748. The molecule has 3 amide bonds. The van der Waals surface area contributed by atoms with Gasteiger partial charge in [-0.05, 0) is 43.6 Å². The van der Waals surface area contributed by atoms with Crippen LogP contribution in [0.3, 0.4) is 0 Å². The van der Waals surface area contributed by atoms with Gasteiger partial charge in [0.05, 0.1) is 6.54 Å². The SMILES string of the molecule is O=C1NC2(CCNCC2)C(=O)N1Cc1ccc(F)cc1. The lowest BCUT2D eigenvalue weighted by Gasteiger charge is -2.31. The highest BCUT2D eigenvalue weighted by atomic mass is 19.1. The Kier molecular flexibility index (Phi) is 3.17. The van der Waals surface area contributed by atoms with Crippen LogP contribution in [0, 0.1) is 5.82 Å². The monoisotopic (exact) mass is 277 g/mol. The Hall–Kier alpha value is -1.95. The van der Waals surface area contributed by atoms with Crippen molar-refractivity contribution in [2.24, 2.45) is 0 Å². The van der Waals surface area contributed by atoms with E-state index in [-0.39, 0.29) is 24.3 Å². The number of rotatable bonds is 2.